The average Bonchev–Trinajstić information content (AvgIpc) is 3.13. The van der Waals surface area contributed by atoms with E-state index < -0.39 is 0 Å². The minimum Gasteiger partial charge on any atom is -0.392 e. The lowest BCUT2D eigenvalue weighted by Crippen LogP contribution is -2.33. The van der Waals surface area contributed by atoms with Crippen LogP contribution in [0, 0.1) is 6.92 Å². The summed E-state index contributed by atoms with van der Waals surface area (Å²) in [5, 5.41) is 16.2. The molecule has 22 heavy (non-hydrogen) atoms. The summed E-state index contributed by atoms with van der Waals surface area (Å²) in [6, 6.07) is 8.88. The van der Waals surface area contributed by atoms with Crippen LogP contribution < -0.4 is 5.32 Å². The Balaban J connectivity index is 1.77. The van der Waals surface area contributed by atoms with Gasteiger partial charge < -0.3 is 10.4 Å². The van der Waals surface area contributed by atoms with E-state index in [1.807, 2.05) is 14.0 Å². The predicted molar refractivity (Wildman–Crippen MR) is 91.2 cm³/mol. The van der Waals surface area contributed by atoms with Crippen LogP contribution in [0.1, 0.15) is 23.7 Å². The minimum absolute atomic E-state index is 0.165. The number of aryl methyl sites for hydroxylation is 1. The van der Waals surface area contributed by atoms with Gasteiger partial charge in [-0.05, 0) is 32.0 Å². The van der Waals surface area contributed by atoms with Crippen molar-refractivity contribution >= 4 is 11.3 Å². The van der Waals surface area contributed by atoms with Crippen molar-refractivity contribution in [2.24, 2.45) is 0 Å². The van der Waals surface area contributed by atoms with E-state index in [1.165, 1.54) is 11.1 Å². The molecule has 1 unspecified atom stereocenters. The number of benzene rings is 1. The van der Waals surface area contributed by atoms with E-state index in [0.29, 0.717) is 0 Å². The van der Waals surface area contributed by atoms with Gasteiger partial charge in [-0.25, -0.2) is 4.98 Å². The lowest BCUT2D eigenvalue weighted by molar-refractivity contribution is 0.173. The van der Waals surface area contributed by atoms with Gasteiger partial charge in [0.15, 0.2) is 0 Å². The number of nitrogens with one attached hydrogen (secondary N) is 1. The number of rotatable bonds is 5. The van der Waals surface area contributed by atoms with Crippen LogP contribution in [0.4, 0.5) is 0 Å². The van der Waals surface area contributed by atoms with Crippen LogP contribution in [-0.4, -0.2) is 47.8 Å². The number of thiazole rings is 1. The number of hydrogen-bond donors (Lipinski definition) is 2. The second-order valence-electron chi connectivity index (χ2n) is 5.96. The summed E-state index contributed by atoms with van der Waals surface area (Å²) in [6.45, 7) is 4.71. The molecule has 1 fully saturated rings. The van der Waals surface area contributed by atoms with Gasteiger partial charge in [-0.2, -0.15) is 0 Å². The molecule has 2 heterocycles. The molecule has 2 aromatic rings. The van der Waals surface area contributed by atoms with E-state index in [1.54, 1.807) is 11.3 Å². The van der Waals surface area contributed by atoms with Crippen molar-refractivity contribution in [2.45, 2.75) is 25.5 Å². The maximum absolute atomic E-state index is 9.68. The number of aliphatic hydroxyl groups is 1. The second kappa shape index (κ2) is 6.87. The van der Waals surface area contributed by atoms with E-state index in [2.05, 4.69) is 44.8 Å². The van der Waals surface area contributed by atoms with Gasteiger partial charge in [0.25, 0.3) is 0 Å². The summed E-state index contributed by atoms with van der Waals surface area (Å²) in [4.78, 5) is 6.90. The molecule has 0 radical (unpaired) electrons. The topological polar surface area (TPSA) is 48.4 Å². The Morgan fingerprint density at radius 3 is 3.00 bits per heavy atom. The SMILES string of the molecule is CNC(CN1CC[C@H](O)C1)c1cccc(-c2nc(C)cs2)c1. The van der Waals surface area contributed by atoms with Crippen molar-refractivity contribution in [3.63, 3.8) is 0 Å². The zero-order valence-corrected chi connectivity index (χ0v) is 13.9. The number of aromatic nitrogens is 1. The molecule has 0 aliphatic carbocycles. The molecule has 2 N–H and O–H groups in total. The first-order chi connectivity index (χ1) is 10.7. The highest BCUT2D eigenvalue weighted by Gasteiger charge is 2.23. The normalized spacial score (nSPS) is 20.4. The van der Waals surface area contributed by atoms with E-state index in [9.17, 15) is 5.11 Å². The maximum atomic E-state index is 9.68. The Labute approximate surface area is 135 Å². The second-order valence-corrected chi connectivity index (χ2v) is 6.82. The summed E-state index contributed by atoms with van der Waals surface area (Å²) in [7, 11) is 2.00. The van der Waals surface area contributed by atoms with Crippen molar-refractivity contribution in [3.8, 4) is 10.6 Å². The molecule has 4 nitrogen and oxygen atoms in total. The summed E-state index contributed by atoms with van der Waals surface area (Å²) in [5.41, 5.74) is 3.52. The van der Waals surface area contributed by atoms with Crippen LogP contribution in [0.25, 0.3) is 10.6 Å². The fourth-order valence-electron chi connectivity index (χ4n) is 2.97. The standard InChI is InChI=1S/C17H23N3OS/c1-12-11-22-17(19-12)14-5-3-4-13(8-14)16(18-2)10-20-7-6-15(21)9-20/h3-5,8,11,15-16,18,21H,6-7,9-10H2,1-2H3/t15-,16?/m0/s1. The van der Waals surface area contributed by atoms with Crippen LogP contribution >= 0.6 is 11.3 Å². The largest absolute Gasteiger partial charge is 0.392 e. The zero-order valence-electron chi connectivity index (χ0n) is 13.1. The molecule has 1 aromatic carbocycles. The maximum Gasteiger partial charge on any atom is 0.123 e. The van der Waals surface area contributed by atoms with E-state index >= 15 is 0 Å². The molecule has 0 saturated carbocycles. The van der Waals surface area contributed by atoms with Gasteiger partial charge in [0.2, 0.25) is 0 Å². The molecule has 1 aromatic heterocycles. The van der Waals surface area contributed by atoms with Gasteiger partial charge in [-0.15, -0.1) is 11.3 Å². The van der Waals surface area contributed by atoms with Crippen molar-refractivity contribution in [2.75, 3.05) is 26.7 Å². The third kappa shape index (κ3) is 3.55. The quantitative estimate of drug-likeness (QED) is 0.889. The van der Waals surface area contributed by atoms with Gasteiger partial charge in [0.1, 0.15) is 5.01 Å². The molecule has 2 atom stereocenters. The van der Waals surface area contributed by atoms with E-state index in [0.717, 1.165) is 36.8 Å². The van der Waals surface area contributed by atoms with Crippen LogP contribution in [0.15, 0.2) is 29.6 Å². The molecule has 1 aliphatic rings. The third-order valence-corrected chi connectivity index (χ3v) is 5.20. The van der Waals surface area contributed by atoms with Gasteiger partial charge in [0.05, 0.1) is 6.10 Å². The summed E-state index contributed by atoms with van der Waals surface area (Å²) < 4.78 is 0. The zero-order chi connectivity index (χ0) is 15.5. The van der Waals surface area contributed by atoms with Crippen LogP contribution in [-0.2, 0) is 0 Å². The Morgan fingerprint density at radius 1 is 1.50 bits per heavy atom. The molecule has 5 heteroatoms. The van der Waals surface area contributed by atoms with Crippen LogP contribution in [0.3, 0.4) is 0 Å². The fraction of sp³-hybridized carbons (Fsp3) is 0.471. The monoisotopic (exact) mass is 317 g/mol. The third-order valence-electron chi connectivity index (χ3n) is 4.19. The summed E-state index contributed by atoms with van der Waals surface area (Å²) in [5.74, 6) is 0. The first-order valence-corrected chi connectivity index (χ1v) is 8.64. The highest BCUT2D eigenvalue weighted by molar-refractivity contribution is 7.13. The average molecular weight is 317 g/mol. The molecule has 118 valence electrons. The Morgan fingerprint density at radius 2 is 2.36 bits per heavy atom. The molecule has 3 rings (SSSR count). The van der Waals surface area contributed by atoms with Crippen molar-refractivity contribution < 1.29 is 5.11 Å². The van der Waals surface area contributed by atoms with Gasteiger partial charge in [0, 0.05) is 42.3 Å². The van der Waals surface area contributed by atoms with Gasteiger partial charge in [-0.3, -0.25) is 4.90 Å². The highest BCUT2D eigenvalue weighted by atomic mass is 32.1. The summed E-state index contributed by atoms with van der Waals surface area (Å²) in [6.07, 6.45) is 0.719. The molecule has 1 aliphatic heterocycles. The minimum atomic E-state index is -0.165. The van der Waals surface area contributed by atoms with Crippen molar-refractivity contribution in [1.82, 2.24) is 15.2 Å². The van der Waals surface area contributed by atoms with Gasteiger partial charge >= 0.3 is 0 Å². The Kier molecular flexibility index (Phi) is 4.88. The highest BCUT2D eigenvalue weighted by Crippen LogP contribution is 2.27. The molecule has 0 spiro atoms. The number of nitrogens with zero attached hydrogens (tertiary/aromatic N) is 2. The van der Waals surface area contributed by atoms with Crippen LogP contribution in [0.2, 0.25) is 0 Å². The first-order valence-electron chi connectivity index (χ1n) is 7.76. The summed E-state index contributed by atoms with van der Waals surface area (Å²) >= 11 is 1.69. The van der Waals surface area contributed by atoms with Gasteiger partial charge in [-0.1, -0.05) is 18.2 Å². The molecule has 0 bridgehead atoms. The smallest absolute Gasteiger partial charge is 0.123 e. The Bertz CT molecular complexity index is 628. The van der Waals surface area contributed by atoms with E-state index in [4.69, 9.17) is 0 Å². The predicted octanol–water partition coefficient (Wildman–Crippen LogP) is 2.45. The van der Waals surface area contributed by atoms with Crippen LogP contribution in [0.5, 0.6) is 0 Å². The van der Waals surface area contributed by atoms with Crippen molar-refractivity contribution in [1.29, 1.82) is 0 Å². The molecule has 1 saturated heterocycles. The number of hydrogen-bond acceptors (Lipinski definition) is 5. The molecular weight excluding hydrogens is 294 g/mol. The first kappa shape index (κ1) is 15.6. The lowest BCUT2D eigenvalue weighted by Gasteiger charge is -2.23. The number of aliphatic hydroxyl groups excluding tert-OH is 1. The fourth-order valence-corrected chi connectivity index (χ4v) is 3.77. The van der Waals surface area contributed by atoms with Crippen molar-refractivity contribution in [3.05, 3.63) is 40.9 Å². The Hall–Kier alpha value is -1.27. The molecular formula is C17H23N3OS. The number of likely N-dealkylation sites (tertiary alicyclic amines) is 1. The number of β-amino-alcohol motifs (C(OH)–C–C–N with tert-alkyl or cyclic N) is 1. The van der Waals surface area contributed by atoms with E-state index in [-0.39, 0.29) is 12.1 Å². The number of likely N-dealkylation sites (N-methyl/N-ethyl adjacent to an activating group) is 1. The molecule has 0 amide bonds. The lowest BCUT2D eigenvalue weighted by atomic mass is 10.0.